The van der Waals surface area contributed by atoms with Crippen molar-refractivity contribution in [2.75, 3.05) is 24.2 Å². The molecule has 0 aliphatic heterocycles. The zero-order valence-corrected chi connectivity index (χ0v) is 18.5. The predicted octanol–water partition coefficient (Wildman–Crippen LogP) is 4.93. The first-order valence-electron chi connectivity index (χ1n) is 10.3. The van der Waals surface area contributed by atoms with Gasteiger partial charge in [0.1, 0.15) is 0 Å². The number of aryl methyl sites for hydroxylation is 3. The number of hydrogen-bond acceptors (Lipinski definition) is 3. The van der Waals surface area contributed by atoms with Crippen molar-refractivity contribution in [2.24, 2.45) is 0 Å². The van der Waals surface area contributed by atoms with E-state index in [-0.39, 0.29) is 18.4 Å². The van der Waals surface area contributed by atoms with E-state index in [1.807, 2.05) is 68.3 Å². The predicted molar refractivity (Wildman–Crippen MR) is 126 cm³/mol. The molecule has 0 aromatic heterocycles. The average molecular weight is 416 g/mol. The minimum absolute atomic E-state index is 0.0450. The first-order valence-corrected chi connectivity index (χ1v) is 10.3. The second-order valence-electron chi connectivity index (χ2n) is 8.01. The van der Waals surface area contributed by atoms with Gasteiger partial charge in [-0.15, -0.1) is 0 Å². The number of hydrogen-bond donors (Lipinski definition) is 2. The molecule has 3 aromatic rings. The van der Waals surface area contributed by atoms with Crippen LogP contribution in [0.2, 0.25) is 0 Å². The van der Waals surface area contributed by atoms with Gasteiger partial charge in [-0.25, -0.2) is 0 Å². The maximum absolute atomic E-state index is 12.5. The fraction of sp³-hybridized carbons (Fsp3) is 0.231. The van der Waals surface area contributed by atoms with E-state index in [0.717, 1.165) is 28.1 Å². The summed E-state index contributed by atoms with van der Waals surface area (Å²) in [7, 11) is 1.91. The lowest BCUT2D eigenvalue weighted by Crippen LogP contribution is -2.30. The van der Waals surface area contributed by atoms with Crippen molar-refractivity contribution in [3.8, 4) is 0 Å². The lowest BCUT2D eigenvalue weighted by atomic mass is 10.1. The molecule has 2 N–H and O–H groups in total. The van der Waals surface area contributed by atoms with Crippen molar-refractivity contribution in [3.05, 3.63) is 94.5 Å². The van der Waals surface area contributed by atoms with Crippen LogP contribution in [0.5, 0.6) is 0 Å². The number of benzene rings is 3. The Bertz CT molecular complexity index is 1040. The van der Waals surface area contributed by atoms with Crippen LogP contribution >= 0.6 is 0 Å². The number of carbonyl (C=O) groups is 2. The van der Waals surface area contributed by atoms with Gasteiger partial charge in [0, 0.05) is 23.5 Å². The number of para-hydroxylation sites is 1. The van der Waals surface area contributed by atoms with Crippen molar-refractivity contribution < 1.29 is 9.59 Å². The number of rotatable bonds is 7. The summed E-state index contributed by atoms with van der Waals surface area (Å²) in [4.78, 5) is 26.8. The monoisotopic (exact) mass is 415 g/mol. The third kappa shape index (κ3) is 6.27. The van der Waals surface area contributed by atoms with Crippen LogP contribution < -0.4 is 10.6 Å². The first-order chi connectivity index (χ1) is 14.8. The number of nitrogens with zero attached hydrogens (tertiary/aromatic N) is 1. The van der Waals surface area contributed by atoms with Crippen LogP contribution in [0.4, 0.5) is 11.4 Å². The molecule has 0 aliphatic rings. The van der Waals surface area contributed by atoms with Crippen molar-refractivity contribution in [1.82, 2.24) is 4.90 Å². The quantitative estimate of drug-likeness (QED) is 0.575. The highest BCUT2D eigenvalue weighted by Gasteiger charge is 2.12. The molecule has 0 saturated heterocycles. The van der Waals surface area contributed by atoms with Gasteiger partial charge in [0.2, 0.25) is 5.91 Å². The summed E-state index contributed by atoms with van der Waals surface area (Å²) in [6, 6.07) is 21.0. The number of carbonyl (C=O) groups excluding carboxylic acids is 2. The molecule has 0 fully saturated rings. The van der Waals surface area contributed by atoms with Gasteiger partial charge in [0.05, 0.1) is 6.54 Å². The van der Waals surface area contributed by atoms with E-state index < -0.39 is 0 Å². The number of nitrogens with one attached hydrogen (secondary N) is 2. The van der Waals surface area contributed by atoms with E-state index in [0.29, 0.717) is 12.1 Å². The van der Waals surface area contributed by atoms with Crippen LogP contribution in [-0.2, 0) is 11.3 Å². The Morgan fingerprint density at radius 1 is 0.839 bits per heavy atom. The van der Waals surface area contributed by atoms with Crippen LogP contribution in [0, 0.1) is 20.8 Å². The summed E-state index contributed by atoms with van der Waals surface area (Å²) in [5.74, 6) is -0.189. The second kappa shape index (κ2) is 10.0. The lowest BCUT2D eigenvalue weighted by molar-refractivity contribution is -0.117. The molecule has 0 bridgehead atoms. The molecule has 0 saturated carbocycles. The van der Waals surface area contributed by atoms with Gasteiger partial charge in [0.15, 0.2) is 0 Å². The smallest absolute Gasteiger partial charge is 0.255 e. The van der Waals surface area contributed by atoms with Crippen molar-refractivity contribution in [3.63, 3.8) is 0 Å². The molecule has 0 unspecified atom stereocenters. The highest BCUT2D eigenvalue weighted by atomic mass is 16.2. The summed E-state index contributed by atoms with van der Waals surface area (Å²) >= 11 is 0. The SMILES string of the molecule is Cc1cc(C)c(NC(=O)CN(C)Cc2ccc(C(=O)Nc3ccccc3)cc2)c(C)c1. The van der Waals surface area contributed by atoms with E-state index in [2.05, 4.69) is 29.7 Å². The summed E-state index contributed by atoms with van der Waals surface area (Å²) < 4.78 is 0. The molecular formula is C26H29N3O2. The Hall–Kier alpha value is -3.44. The van der Waals surface area contributed by atoms with E-state index >= 15 is 0 Å². The number of anilines is 2. The molecule has 31 heavy (non-hydrogen) atoms. The lowest BCUT2D eigenvalue weighted by Gasteiger charge is -2.18. The van der Waals surface area contributed by atoms with Crippen LogP contribution in [0.25, 0.3) is 0 Å². The topological polar surface area (TPSA) is 61.4 Å². The molecule has 3 rings (SSSR count). The normalized spacial score (nSPS) is 10.7. The third-order valence-electron chi connectivity index (χ3n) is 5.06. The molecule has 0 radical (unpaired) electrons. The molecule has 160 valence electrons. The fourth-order valence-corrected chi connectivity index (χ4v) is 3.66. The van der Waals surface area contributed by atoms with E-state index in [1.165, 1.54) is 5.56 Å². The highest BCUT2D eigenvalue weighted by Crippen LogP contribution is 2.22. The van der Waals surface area contributed by atoms with Crippen molar-refractivity contribution >= 4 is 23.2 Å². The Balaban J connectivity index is 1.54. The molecule has 0 spiro atoms. The summed E-state index contributed by atoms with van der Waals surface area (Å²) in [6.07, 6.45) is 0. The Morgan fingerprint density at radius 3 is 2.06 bits per heavy atom. The molecule has 5 nitrogen and oxygen atoms in total. The Morgan fingerprint density at radius 2 is 1.45 bits per heavy atom. The Labute approximate surface area is 184 Å². The second-order valence-corrected chi connectivity index (χ2v) is 8.01. The summed E-state index contributed by atoms with van der Waals surface area (Å²) in [6.45, 7) is 6.96. The van der Waals surface area contributed by atoms with Gasteiger partial charge in [-0.05, 0) is 68.8 Å². The van der Waals surface area contributed by atoms with Gasteiger partial charge in [-0.3, -0.25) is 14.5 Å². The zero-order valence-electron chi connectivity index (χ0n) is 18.5. The maximum Gasteiger partial charge on any atom is 0.255 e. The summed E-state index contributed by atoms with van der Waals surface area (Å²) in [5.41, 5.74) is 6.61. The van der Waals surface area contributed by atoms with E-state index in [9.17, 15) is 9.59 Å². The highest BCUT2D eigenvalue weighted by molar-refractivity contribution is 6.04. The third-order valence-corrected chi connectivity index (χ3v) is 5.06. The van der Waals surface area contributed by atoms with Crippen LogP contribution in [-0.4, -0.2) is 30.3 Å². The van der Waals surface area contributed by atoms with Crippen LogP contribution in [0.1, 0.15) is 32.6 Å². The van der Waals surface area contributed by atoms with E-state index in [1.54, 1.807) is 12.1 Å². The first kappa shape index (κ1) is 22.2. The van der Waals surface area contributed by atoms with Gasteiger partial charge >= 0.3 is 0 Å². The van der Waals surface area contributed by atoms with Gasteiger partial charge in [-0.1, -0.05) is 48.0 Å². The largest absolute Gasteiger partial charge is 0.324 e. The summed E-state index contributed by atoms with van der Waals surface area (Å²) in [5, 5.41) is 5.91. The van der Waals surface area contributed by atoms with E-state index in [4.69, 9.17) is 0 Å². The average Bonchev–Trinajstić information content (AvgIpc) is 2.72. The molecule has 3 aromatic carbocycles. The van der Waals surface area contributed by atoms with Gasteiger partial charge in [-0.2, -0.15) is 0 Å². The molecule has 0 atom stereocenters. The van der Waals surface area contributed by atoms with Crippen molar-refractivity contribution in [1.29, 1.82) is 0 Å². The van der Waals surface area contributed by atoms with Crippen LogP contribution in [0.3, 0.4) is 0 Å². The Kier molecular flexibility index (Phi) is 7.21. The minimum Gasteiger partial charge on any atom is -0.324 e. The molecule has 0 aliphatic carbocycles. The molecule has 0 heterocycles. The molecule has 2 amide bonds. The minimum atomic E-state index is -0.144. The van der Waals surface area contributed by atoms with Gasteiger partial charge < -0.3 is 10.6 Å². The fourth-order valence-electron chi connectivity index (χ4n) is 3.66. The standard InChI is InChI=1S/C26H29N3O2/c1-18-14-19(2)25(20(3)15-18)28-24(30)17-29(4)16-21-10-12-22(13-11-21)26(31)27-23-8-6-5-7-9-23/h5-15H,16-17H2,1-4H3,(H,27,31)(H,28,30). The van der Waals surface area contributed by atoms with Crippen LogP contribution in [0.15, 0.2) is 66.7 Å². The van der Waals surface area contributed by atoms with Crippen molar-refractivity contribution in [2.45, 2.75) is 27.3 Å². The number of likely N-dealkylation sites (N-methyl/N-ethyl adjacent to an activating group) is 1. The molecular weight excluding hydrogens is 386 g/mol. The van der Waals surface area contributed by atoms with Gasteiger partial charge in [0.25, 0.3) is 5.91 Å². The molecule has 5 heteroatoms. The maximum atomic E-state index is 12.5. The number of amides is 2. The zero-order chi connectivity index (χ0) is 22.4.